The molecule has 3 aromatic rings. The first-order valence-electron chi connectivity index (χ1n) is 14.6. The molecule has 3 aromatic carbocycles. The van der Waals surface area contributed by atoms with Gasteiger partial charge in [0.15, 0.2) is 0 Å². The lowest BCUT2D eigenvalue weighted by Gasteiger charge is -2.57. The van der Waals surface area contributed by atoms with Gasteiger partial charge in [-0.3, -0.25) is 9.59 Å². The Morgan fingerprint density at radius 2 is 1.38 bits per heavy atom. The molecule has 4 aliphatic carbocycles. The fourth-order valence-corrected chi connectivity index (χ4v) is 8.51. The van der Waals surface area contributed by atoms with Crippen LogP contribution >= 0.6 is 0 Å². The number of aliphatic hydroxyl groups is 1. The molecule has 5 nitrogen and oxygen atoms in total. The summed E-state index contributed by atoms with van der Waals surface area (Å²) < 4.78 is 0. The largest absolute Gasteiger partial charge is 0.396 e. The van der Waals surface area contributed by atoms with Crippen LogP contribution in [0, 0.1) is 17.8 Å². The van der Waals surface area contributed by atoms with E-state index in [1.807, 2.05) is 18.2 Å². The molecule has 4 fully saturated rings. The summed E-state index contributed by atoms with van der Waals surface area (Å²) in [5, 5.41) is 16.9. The third-order valence-corrected chi connectivity index (χ3v) is 9.87. The minimum Gasteiger partial charge on any atom is -0.396 e. The molecule has 4 bridgehead atoms. The molecule has 0 atom stereocenters. The zero-order valence-corrected chi connectivity index (χ0v) is 23.1. The quantitative estimate of drug-likeness (QED) is 0.342. The number of benzene rings is 3. The number of aliphatic hydroxyl groups excluding tert-OH is 1. The average molecular weight is 525 g/mol. The average Bonchev–Trinajstić information content (AvgIpc) is 2.94. The number of fused-ring (bicyclic) bond motifs is 1. The highest BCUT2D eigenvalue weighted by Gasteiger charge is 2.52. The van der Waals surface area contributed by atoms with Crippen LogP contribution in [0.25, 0.3) is 21.9 Å². The summed E-state index contributed by atoms with van der Waals surface area (Å²) in [5.74, 6) is 1.14. The molecule has 0 heterocycles. The Bertz CT molecular complexity index is 1360. The molecular weight excluding hydrogens is 484 g/mol. The van der Waals surface area contributed by atoms with Crippen molar-refractivity contribution in [2.45, 2.75) is 62.7 Å². The Morgan fingerprint density at radius 1 is 0.821 bits per heavy atom. The summed E-state index contributed by atoms with van der Waals surface area (Å²) in [5.41, 5.74) is 6.38. The van der Waals surface area contributed by atoms with Crippen LogP contribution in [0.15, 0.2) is 54.6 Å². The van der Waals surface area contributed by atoms with Crippen LogP contribution in [-0.2, 0) is 21.4 Å². The number of amides is 2. The summed E-state index contributed by atoms with van der Waals surface area (Å²) in [6.07, 6.45) is 10.0. The summed E-state index contributed by atoms with van der Waals surface area (Å²) in [6.45, 7) is 0.232. The lowest BCUT2D eigenvalue weighted by Crippen LogP contribution is -2.49. The SMILES string of the molecule is CNC(=O)C(C(=O)NC)c1ccc2cc(-c3ccc(CCCO)c(C45CC6CC(CC(C6)C4)C5)c3)ccc2c1. The summed E-state index contributed by atoms with van der Waals surface area (Å²) in [4.78, 5) is 24.9. The Labute approximate surface area is 231 Å². The highest BCUT2D eigenvalue weighted by atomic mass is 16.3. The van der Waals surface area contributed by atoms with Gasteiger partial charge in [-0.05, 0) is 125 Å². The van der Waals surface area contributed by atoms with Crippen molar-refractivity contribution in [1.82, 2.24) is 10.6 Å². The maximum absolute atomic E-state index is 12.5. The van der Waals surface area contributed by atoms with E-state index < -0.39 is 5.92 Å². The molecule has 0 unspecified atom stereocenters. The number of carbonyl (C=O) groups is 2. The van der Waals surface area contributed by atoms with Gasteiger partial charge < -0.3 is 15.7 Å². The molecule has 5 heteroatoms. The third-order valence-electron chi connectivity index (χ3n) is 9.87. The first-order valence-corrected chi connectivity index (χ1v) is 14.6. The van der Waals surface area contributed by atoms with Crippen molar-refractivity contribution < 1.29 is 14.7 Å². The smallest absolute Gasteiger partial charge is 0.236 e. The second kappa shape index (κ2) is 10.4. The predicted molar refractivity (Wildman–Crippen MR) is 156 cm³/mol. The van der Waals surface area contributed by atoms with E-state index in [9.17, 15) is 14.7 Å². The van der Waals surface area contributed by atoms with E-state index in [0.717, 1.165) is 41.4 Å². The highest BCUT2D eigenvalue weighted by Crippen LogP contribution is 2.61. The van der Waals surface area contributed by atoms with E-state index in [-0.39, 0.29) is 18.4 Å². The van der Waals surface area contributed by atoms with E-state index >= 15 is 0 Å². The van der Waals surface area contributed by atoms with Crippen LogP contribution in [0.1, 0.15) is 67.6 Å². The Morgan fingerprint density at radius 3 is 2.00 bits per heavy atom. The van der Waals surface area contributed by atoms with E-state index in [0.29, 0.717) is 11.0 Å². The van der Waals surface area contributed by atoms with Gasteiger partial charge in [0.05, 0.1) is 0 Å². The molecule has 0 saturated heterocycles. The van der Waals surface area contributed by atoms with Gasteiger partial charge in [0.25, 0.3) is 0 Å². The normalized spacial score (nSPS) is 25.3. The van der Waals surface area contributed by atoms with Crippen molar-refractivity contribution in [3.05, 3.63) is 71.3 Å². The van der Waals surface area contributed by atoms with Crippen LogP contribution in [0.3, 0.4) is 0 Å². The minimum absolute atomic E-state index is 0.232. The van der Waals surface area contributed by atoms with Crippen LogP contribution in [0.5, 0.6) is 0 Å². The predicted octanol–water partition coefficient (Wildman–Crippen LogP) is 5.48. The zero-order valence-electron chi connectivity index (χ0n) is 23.1. The van der Waals surface area contributed by atoms with Crippen molar-refractivity contribution in [1.29, 1.82) is 0 Å². The summed E-state index contributed by atoms with van der Waals surface area (Å²) in [6, 6.07) is 19.4. The fraction of sp³-hybridized carbons (Fsp3) is 0.471. The first kappa shape index (κ1) is 26.1. The first-order chi connectivity index (χ1) is 18.9. The molecule has 4 saturated carbocycles. The van der Waals surface area contributed by atoms with E-state index in [4.69, 9.17) is 0 Å². The van der Waals surface area contributed by atoms with Gasteiger partial charge in [0.1, 0.15) is 5.92 Å². The van der Waals surface area contributed by atoms with Gasteiger partial charge in [0, 0.05) is 20.7 Å². The molecule has 0 aromatic heterocycles. The van der Waals surface area contributed by atoms with Gasteiger partial charge in [-0.25, -0.2) is 0 Å². The molecular formula is C34H40N2O3. The minimum atomic E-state index is -0.876. The van der Waals surface area contributed by atoms with Crippen LogP contribution in [0.2, 0.25) is 0 Å². The molecule has 2 amide bonds. The number of carbonyl (C=O) groups excluding carboxylic acids is 2. The zero-order chi connectivity index (χ0) is 27.1. The molecule has 0 spiro atoms. The van der Waals surface area contributed by atoms with E-state index in [2.05, 4.69) is 47.0 Å². The van der Waals surface area contributed by atoms with Crippen molar-refractivity contribution in [3.63, 3.8) is 0 Å². The number of likely N-dealkylation sites (N-methyl/N-ethyl adjacent to an activating group) is 2. The van der Waals surface area contributed by atoms with Crippen molar-refractivity contribution in [3.8, 4) is 11.1 Å². The summed E-state index contributed by atoms with van der Waals surface area (Å²) >= 11 is 0. The van der Waals surface area contributed by atoms with Gasteiger partial charge >= 0.3 is 0 Å². The van der Waals surface area contributed by atoms with Gasteiger partial charge in [-0.1, -0.05) is 42.5 Å². The number of rotatable bonds is 8. The highest BCUT2D eigenvalue weighted by molar-refractivity contribution is 6.06. The third kappa shape index (κ3) is 4.75. The topological polar surface area (TPSA) is 78.4 Å². The van der Waals surface area contributed by atoms with Crippen LogP contribution in [0.4, 0.5) is 0 Å². The Hall–Kier alpha value is -3.18. The number of nitrogens with one attached hydrogen (secondary N) is 2. The molecule has 7 rings (SSSR count). The van der Waals surface area contributed by atoms with Crippen molar-refractivity contribution in [2.24, 2.45) is 17.8 Å². The number of aryl methyl sites for hydroxylation is 1. The van der Waals surface area contributed by atoms with E-state index in [1.54, 1.807) is 19.7 Å². The van der Waals surface area contributed by atoms with E-state index in [1.165, 1.54) is 55.2 Å². The standard InChI is InChI=1S/C34H40N2O3/c1-35-32(38)31(33(39)36-2)29-10-9-25-15-26(7-8-27(25)16-29)28-6-5-24(4-3-11-37)30(17-28)34-18-21-12-22(19-34)14-23(13-21)20-34/h5-10,15-17,21-23,31,37H,3-4,11-14,18-20H2,1-2H3,(H,35,38)(H,36,39). The van der Waals surface area contributed by atoms with Crippen molar-refractivity contribution >= 4 is 22.6 Å². The second-order valence-electron chi connectivity index (χ2n) is 12.4. The molecule has 204 valence electrons. The molecule has 39 heavy (non-hydrogen) atoms. The molecule has 4 aliphatic rings. The molecule has 0 aliphatic heterocycles. The molecule has 0 radical (unpaired) electrons. The Balaban J connectivity index is 1.37. The fourth-order valence-electron chi connectivity index (χ4n) is 8.51. The second-order valence-corrected chi connectivity index (χ2v) is 12.4. The van der Waals surface area contributed by atoms with Gasteiger partial charge in [-0.2, -0.15) is 0 Å². The lowest BCUT2D eigenvalue weighted by atomic mass is 9.47. The maximum Gasteiger partial charge on any atom is 0.236 e. The van der Waals surface area contributed by atoms with Crippen molar-refractivity contribution in [2.75, 3.05) is 20.7 Å². The number of hydrogen-bond donors (Lipinski definition) is 3. The Kier molecular flexibility index (Phi) is 6.96. The molecule has 3 N–H and O–H groups in total. The maximum atomic E-state index is 12.5. The lowest BCUT2D eigenvalue weighted by molar-refractivity contribution is -0.131. The summed E-state index contributed by atoms with van der Waals surface area (Å²) in [7, 11) is 3.11. The van der Waals surface area contributed by atoms with Crippen LogP contribution in [-0.4, -0.2) is 37.6 Å². The monoisotopic (exact) mass is 524 g/mol. The van der Waals surface area contributed by atoms with Crippen LogP contribution < -0.4 is 10.6 Å². The van der Waals surface area contributed by atoms with Gasteiger partial charge in [0.2, 0.25) is 11.8 Å². The number of hydrogen-bond acceptors (Lipinski definition) is 3. The van der Waals surface area contributed by atoms with Gasteiger partial charge in [-0.15, -0.1) is 0 Å².